The van der Waals surface area contributed by atoms with Crippen molar-refractivity contribution < 1.29 is 9.47 Å². The molecule has 4 rings (SSSR count). The molecule has 0 bridgehead atoms. The van der Waals surface area contributed by atoms with E-state index in [2.05, 4.69) is 17.0 Å². The first kappa shape index (κ1) is 12.8. The fourth-order valence-corrected chi connectivity index (χ4v) is 3.23. The van der Waals surface area contributed by atoms with Crippen LogP contribution in [0.15, 0.2) is 36.4 Å². The van der Waals surface area contributed by atoms with Crippen LogP contribution in [0.4, 0.5) is 5.69 Å². The minimum Gasteiger partial charge on any atom is -0.489 e. The van der Waals surface area contributed by atoms with Gasteiger partial charge in [0.05, 0.1) is 23.9 Å². The summed E-state index contributed by atoms with van der Waals surface area (Å²) >= 11 is 6.28. The van der Waals surface area contributed by atoms with E-state index in [1.807, 2.05) is 24.3 Å². The standard InChI is InChI=1S/C17H16ClNO2/c18-14-5-1-2-6-15(14)19-10-13-8-7-12-4-3-9-20-16(12)17(13)21-11-19/h1-2,5-8H,3-4,9-11H2. The van der Waals surface area contributed by atoms with E-state index in [-0.39, 0.29) is 0 Å². The topological polar surface area (TPSA) is 21.7 Å². The molecule has 0 saturated carbocycles. The normalized spacial score (nSPS) is 16.5. The maximum Gasteiger partial charge on any atom is 0.169 e. The number of anilines is 1. The Morgan fingerprint density at radius 2 is 1.76 bits per heavy atom. The van der Waals surface area contributed by atoms with E-state index in [9.17, 15) is 0 Å². The predicted molar refractivity (Wildman–Crippen MR) is 83.4 cm³/mol. The molecule has 0 aliphatic carbocycles. The highest BCUT2D eigenvalue weighted by atomic mass is 35.5. The Labute approximate surface area is 129 Å². The summed E-state index contributed by atoms with van der Waals surface area (Å²) in [5, 5.41) is 0.749. The Bertz CT molecular complexity index is 686. The minimum absolute atomic E-state index is 0.497. The number of benzene rings is 2. The van der Waals surface area contributed by atoms with Crippen LogP contribution in [0.1, 0.15) is 17.5 Å². The van der Waals surface area contributed by atoms with Crippen molar-refractivity contribution in [3.8, 4) is 11.5 Å². The van der Waals surface area contributed by atoms with Gasteiger partial charge in [0, 0.05) is 5.56 Å². The largest absolute Gasteiger partial charge is 0.489 e. The van der Waals surface area contributed by atoms with Crippen LogP contribution in [0.3, 0.4) is 0 Å². The van der Waals surface area contributed by atoms with Crippen molar-refractivity contribution in [3.63, 3.8) is 0 Å². The van der Waals surface area contributed by atoms with Crippen molar-refractivity contribution in [3.05, 3.63) is 52.5 Å². The molecule has 0 radical (unpaired) electrons. The highest BCUT2D eigenvalue weighted by Gasteiger charge is 2.25. The maximum atomic E-state index is 6.28. The molecule has 21 heavy (non-hydrogen) atoms. The summed E-state index contributed by atoms with van der Waals surface area (Å²) in [5.74, 6) is 1.85. The third kappa shape index (κ3) is 2.22. The molecular formula is C17H16ClNO2. The smallest absolute Gasteiger partial charge is 0.169 e. The molecule has 3 nitrogen and oxygen atoms in total. The first-order valence-corrected chi connectivity index (χ1v) is 7.60. The van der Waals surface area contributed by atoms with Gasteiger partial charge in [-0.15, -0.1) is 0 Å². The summed E-state index contributed by atoms with van der Waals surface area (Å²) in [4.78, 5) is 2.14. The van der Waals surface area contributed by atoms with E-state index in [1.165, 1.54) is 5.56 Å². The molecule has 0 aromatic heterocycles. The average molecular weight is 302 g/mol. The number of nitrogens with zero attached hydrogens (tertiary/aromatic N) is 1. The summed E-state index contributed by atoms with van der Waals surface area (Å²) in [5.41, 5.74) is 3.41. The van der Waals surface area contributed by atoms with E-state index in [0.29, 0.717) is 6.73 Å². The zero-order valence-electron chi connectivity index (χ0n) is 11.6. The van der Waals surface area contributed by atoms with Crippen LogP contribution in [-0.4, -0.2) is 13.3 Å². The maximum absolute atomic E-state index is 6.28. The number of para-hydroxylation sites is 1. The average Bonchev–Trinajstić information content (AvgIpc) is 2.54. The number of aryl methyl sites for hydroxylation is 1. The van der Waals surface area contributed by atoms with E-state index in [1.54, 1.807) is 0 Å². The molecule has 4 heteroatoms. The molecule has 2 heterocycles. The number of rotatable bonds is 1. The summed E-state index contributed by atoms with van der Waals surface area (Å²) in [6, 6.07) is 12.2. The lowest BCUT2D eigenvalue weighted by molar-refractivity contribution is 0.238. The highest BCUT2D eigenvalue weighted by Crippen LogP contribution is 2.41. The van der Waals surface area contributed by atoms with Gasteiger partial charge in [-0.2, -0.15) is 0 Å². The zero-order chi connectivity index (χ0) is 14.2. The number of ether oxygens (including phenoxy) is 2. The third-order valence-electron chi connectivity index (χ3n) is 4.03. The van der Waals surface area contributed by atoms with Crippen molar-refractivity contribution in [1.29, 1.82) is 0 Å². The summed E-state index contributed by atoms with van der Waals surface area (Å²) in [7, 11) is 0. The van der Waals surface area contributed by atoms with Crippen LogP contribution in [0, 0.1) is 0 Å². The van der Waals surface area contributed by atoms with Gasteiger partial charge in [-0.3, -0.25) is 0 Å². The monoisotopic (exact) mass is 301 g/mol. The molecule has 2 aliphatic rings. The number of halogens is 1. The molecule has 0 saturated heterocycles. The molecule has 2 aromatic rings. The first-order valence-electron chi connectivity index (χ1n) is 7.23. The lowest BCUT2D eigenvalue weighted by Crippen LogP contribution is -2.32. The number of fused-ring (bicyclic) bond motifs is 3. The molecule has 2 aromatic carbocycles. The molecule has 2 aliphatic heterocycles. The minimum atomic E-state index is 0.497. The second kappa shape index (κ2) is 5.15. The fraction of sp³-hybridized carbons (Fsp3) is 0.294. The van der Waals surface area contributed by atoms with Crippen molar-refractivity contribution in [2.45, 2.75) is 19.4 Å². The van der Waals surface area contributed by atoms with Gasteiger partial charge in [0.2, 0.25) is 0 Å². The highest BCUT2D eigenvalue weighted by molar-refractivity contribution is 6.33. The summed E-state index contributed by atoms with van der Waals surface area (Å²) in [6.07, 6.45) is 2.15. The van der Waals surface area contributed by atoms with Gasteiger partial charge in [-0.25, -0.2) is 0 Å². The van der Waals surface area contributed by atoms with E-state index < -0.39 is 0 Å². The molecule has 0 amide bonds. The zero-order valence-corrected chi connectivity index (χ0v) is 12.4. The van der Waals surface area contributed by atoms with Crippen molar-refractivity contribution in [2.24, 2.45) is 0 Å². The van der Waals surface area contributed by atoms with Crippen molar-refractivity contribution in [2.75, 3.05) is 18.2 Å². The Morgan fingerprint density at radius 3 is 2.67 bits per heavy atom. The van der Waals surface area contributed by atoms with Crippen LogP contribution in [0.2, 0.25) is 5.02 Å². The first-order chi connectivity index (χ1) is 10.3. The summed E-state index contributed by atoms with van der Waals surface area (Å²) in [6.45, 7) is 2.06. The third-order valence-corrected chi connectivity index (χ3v) is 4.35. The second-order valence-electron chi connectivity index (χ2n) is 5.42. The van der Waals surface area contributed by atoms with Crippen LogP contribution in [0.25, 0.3) is 0 Å². The molecule has 0 atom stereocenters. The Kier molecular flexibility index (Phi) is 3.15. The SMILES string of the molecule is Clc1ccccc1N1COc2c(ccc3c2OCCC3)C1. The van der Waals surface area contributed by atoms with Gasteiger partial charge in [-0.05, 0) is 30.5 Å². The molecule has 108 valence electrons. The Balaban J connectivity index is 1.68. The van der Waals surface area contributed by atoms with Crippen LogP contribution >= 0.6 is 11.6 Å². The Hall–Kier alpha value is -1.87. The van der Waals surface area contributed by atoms with Gasteiger partial charge < -0.3 is 14.4 Å². The molecule has 0 spiro atoms. The quantitative estimate of drug-likeness (QED) is 0.794. The Morgan fingerprint density at radius 1 is 0.952 bits per heavy atom. The molecule has 0 unspecified atom stereocenters. The summed E-state index contributed by atoms with van der Waals surface area (Å²) < 4.78 is 11.8. The van der Waals surface area contributed by atoms with Gasteiger partial charge >= 0.3 is 0 Å². The van der Waals surface area contributed by atoms with E-state index in [0.717, 1.165) is 53.8 Å². The van der Waals surface area contributed by atoms with Crippen LogP contribution in [0.5, 0.6) is 11.5 Å². The van der Waals surface area contributed by atoms with Gasteiger partial charge in [0.1, 0.15) is 0 Å². The fourth-order valence-electron chi connectivity index (χ4n) is 2.98. The molecule has 0 fully saturated rings. The van der Waals surface area contributed by atoms with Gasteiger partial charge in [-0.1, -0.05) is 35.9 Å². The van der Waals surface area contributed by atoms with Crippen LogP contribution < -0.4 is 14.4 Å². The second-order valence-corrected chi connectivity index (χ2v) is 5.82. The van der Waals surface area contributed by atoms with Crippen LogP contribution in [-0.2, 0) is 13.0 Å². The number of hydrogen-bond acceptors (Lipinski definition) is 3. The van der Waals surface area contributed by atoms with Gasteiger partial charge in [0.25, 0.3) is 0 Å². The van der Waals surface area contributed by atoms with Crippen molar-refractivity contribution >= 4 is 17.3 Å². The number of hydrogen-bond donors (Lipinski definition) is 0. The van der Waals surface area contributed by atoms with Crippen molar-refractivity contribution in [1.82, 2.24) is 0 Å². The predicted octanol–water partition coefficient (Wildman–Crippen LogP) is 4.02. The lowest BCUT2D eigenvalue weighted by atomic mass is 10.0. The molecule has 0 N–H and O–H groups in total. The van der Waals surface area contributed by atoms with E-state index >= 15 is 0 Å². The van der Waals surface area contributed by atoms with E-state index in [4.69, 9.17) is 21.1 Å². The lowest BCUT2D eigenvalue weighted by Gasteiger charge is -2.33. The molecular weight excluding hydrogens is 286 g/mol. The van der Waals surface area contributed by atoms with Gasteiger partial charge in [0.15, 0.2) is 18.2 Å².